The van der Waals surface area contributed by atoms with E-state index in [4.69, 9.17) is 10.5 Å². The molecule has 7 heteroatoms. The van der Waals surface area contributed by atoms with E-state index in [1.165, 1.54) is 19.2 Å². The van der Waals surface area contributed by atoms with Gasteiger partial charge in [0.15, 0.2) is 5.75 Å². The zero-order valence-corrected chi connectivity index (χ0v) is 14.5. The first kappa shape index (κ1) is 17.9. The lowest BCUT2D eigenvalue weighted by molar-refractivity contribution is -0.385. The first-order chi connectivity index (χ1) is 12.5. The van der Waals surface area contributed by atoms with Crippen molar-refractivity contribution in [2.75, 3.05) is 26.7 Å². The maximum atomic E-state index is 12.9. The zero-order chi connectivity index (χ0) is 18.7. The van der Waals surface area contributed by atoms with E-state index in [0.29, 0.717) is 19.6 Å². The predicted molar refractivity (Wildman–Crippen MR) is 97.3 cm³/mol. The van der Waals surface area contributed by atoms with E-state index < -0.39 is 4.92 Å². The molecular formula is C19H21N3O4. The van der Waals surface area contributed by atoms with Gasteiger partial charge in [0.25, 0.3) is 5.91 Å². The molecule has 136 valence electrons. The van der Waals surface area contributed by atoms with E-state index in [1.54, 1.807) is 11.0 Å². The molecule has 3 rings (SSSR count). The third-order valence-corrected chi connectivity index (χ3v) is 4.88. The molecule has 1 saturated heterocycles. The second kappa shape index (κ2) is 7.53. The minimum atomic E-state index is -0.547. The second-order valence-electron chi connectivity index (χ2n) is 6.37. The molecule has 26 heavy (non-hydrogen) atoms. The Balaban J connectivity index is 1.84. The molecule has 1 aliphatic rings. The summed E-state index contributed by atoms with van der Waals surface area (Å²) in [6.07, 6.45) is 0. The van der Waals surface area contributed by atoms with E-state index >= 15 is 0 Å². The molecule has 2 aromatic carbocycles. The van der Waals surface area contributed by atoms with E-state index in [9.17, 15) is 14.9 Å². The number of nitro benzene ring substituents is 1. The Hall–Kier alpha value is -2.93. The minimum absolute atomic E-state index is 0.134. The van der Waals surface area contributed by atoms with Crippen LogP contribution in [0.2, 0.25) is 0 Å². The molecule has 0 unspecified atom stereocenters. The van der Waals surface area contributed by atoms with Gasteiger partial charge in [0.1, 0.15) is 0 Å². The molecule has 0 aromatic heterocycles. The lowest BCUT2D eigenvalue weighted by Gasteiger charge is -2.17. The Morgan fingerprint density at radius 1 is 1.27 bits per heavy atom. The fourth-order valence-electron chi connectivity index (χ4n) is 3.50. The van der Waals surface area contributed by atoms with Crippen molar-refractivity contribution in [2.45, 2.75) is 5.92 Å². The van der Waals surface area contributed by atoms with Crippen LogP contribution in [0.4, 0.5) is 5.69 Å². The summed E-state index contributed by atoms with van der Waals surface area (Å²) >= 11 is 0. The Morgan fingerprint density at radius 2 is 2.00 bits per heavy atom. The standard InChI is InChI=1S/C19H21N3O4/c1-26-18-8-7-14(9-17(18)22(24)25)19(23)21-11-15(10-20)16(12-21)13-5-3-2-4-6-13/h2-9,15-16H,10-12,20H2,1H3/t15-,16+/m1/s1. The van der Waals surface area contributed by atoms with Crippen LogP contribution in [0.25, 0.3) is 0 Å². The molecule has 7 nitrogen and oxygen atoms in total. The number of methoxy groups -OCH3 is 1. The smallest absolute Gasteiger partial charge is 0.311 e. The number of nitrogens with zero attached hydrogens (tertiary/aromatic N) is 2. The number of carbonyl (C=O) groups is 1. The van der Waals surface area contributed by atoms with Crippen LogP contribution in [0.5, 0.6) is 5.75 Å². The quantitative estimate of drug-likeness (QED) is 0.656. The predicted octanol–water partition coefficient (Wildman–Crippen LogP) is 2.42. The maximum absolute atomic E-state index is 12.9. The Kier molecular flexibility index (Phi) is 5.18. The number of benzene rings is 2. The second-order valence-corrected chi connectivity index (χ2v) is 6.37. The summed E-state index contributed by atoms with van der Waals surface area (Å²) in [4.78, 5) is 25.3. The molecule has 0 aliphatic carbocycles. The molecule has 0 saturated carbocycles. The fraction of sp³-hybridized carbons (Fsp3) is 0.316. The average molecular weight is 355 g/mol. The summed E-state index contributed by atoms with van der Waals surface area (Å²) < 4.78 is 4.99. The maximum Gasteiger partial charge on any atom is 0.311 e. The van der Waals surface area contributed by atoms with Crippen LogP contribution in [0, 0.1) is 16.0 Å². The summed E-state index contributed by atoms with van der Waals surface area (Å²) in [5.74, 6) is 0.232. The molecule has 1 fully saturated rings. The van der Waals surface area contributed by atoms with Gasteiger partial charge in [0, 0.05) is 30.6 Å². The van der Waals surface area contributed by atoms with Crippen LogP contribution in [-0.2, 0) is 0 Å². The third kappa shape index (κ3) is 3.39. The molecule has 2 N–H and O–H groups in total. The van der Waals surface area contributed by atoms with Crippen LogP contribution in [0.3, 0.4) is 0 Å². The first-order valence-corrected chi connectivity index (χ1v) is 8.42. The van der Waals surface area contributed by atoms with Crippen LogP contribution in [-0.4, -0.2) is 42.5 Å². The summed E-state index contributed by atoms with van der Waals surface area (Å²) in [6.45, 7) is 1.56. The third-order valence-electron chi connectivity index (χ3n) is 4.88. The summed E-state index contributed by atoms with van der Waals surface area (Å²) in [5.41, 5.74) is 7.14. The zero-order valence-electron chi connectivity index (χ0n) is 14.5. The first-order valence-electron chi connectivity index (χ1n) is 8.42. The van der Waals surface area contributed by atoms with Crippen molar-refractivity contribution in [2.24, 2.45) is 11.7 Å². The van der Waals surface area contributed by atoms with E-state index in [0.717, 1.165) is 5.56 Å². The average Bonchev–Trinajstić information content (AvgIpc) is 3.12. The molecule has 0 bridgehead atoms. The van der Waals surface area contributed by atoms with Gasteiger partial charge in [-0.15, -0.1) is 0 Å². The summed E-state index contributed by atoms with van der Waals surface area (Å²) in [7, 11) is 1.36. The van der Waals surface area contributed by atoms with E-state index in [1.807, 2.05) is 30.3 Å². The van der Waals surface area contributed by atoms with Crippen molar-refractivity contribution in [1.82, 2.24) is 4.90 Å². The number of hydrogen-bond donors (Lipinski definition) is 1. The van der Waals surface area contributed by atoms with Gasteiger partial charge in [0.2, 0.25) is 0 Å². The number of rotatable bonds is 5. The summed E-state index contributed by atoms with van der Waals surface area (Å²) in [5, 5.41) is 11.2. The molecule has 2 atom stereocenters. The highest BCUT2D eigenvalue weighted by Gasteiger charge is 2.36. The molecule has 1 amide bonds. The lowest BCUT2D eigenvalue weighted by atomic mass is 9.89. The number of hydrogen-bond acceptors (Lipinski definition) is 5. The Labute approximate surface area is 151 Å². The van der Waals surface area contributed by atoms with Gasteiger partial charge in [-0.05, 0) is 30.2 Å². The molecule has 2 aromatic rings. The Morgan fingerprint density at radius 3 is 2.62 bits per heavy atom. The van der Waals surface area contributed by atoms with Crippen molar-refractivity contribution < 1.29 is 14.5 Å². The number of likely N-dealkylation sites (tertiary alicyclic amines) is 1. The molecule has 0 spiro atoms. The van der Waals surface area contributed by atoms with E-state index in [2.05, 4.69) is 0 Å². The molecule has 0 radical (unpaired) electrons. The van der Waals surface area contributed by atoms with Crippen LogP contribution >= 0.6 is 0 Å². The fourth-order valence-corrected chi connectivity index (χ4v) is 3.50. The van der Waals surface area contributed by atoms with Crippen molar-refractivity contribution in [3.8, 4) is 5.75 Å². The number of nitrogens with two attached hydrogens (primary N) is 1. The monoisotopic (exact) mass is 355 g/mol. The number of nitro groups is 1. The molecule has 1 heterocycles. The van der Waals surface area contributed by atoms with Crippen molar-refractivity contribution in [1.29, 1.82) is 0 Å². The Bertz CT molecular complexity index is 810. The number of ether oxygens (including phenoxy) is 1. The van der Waals surface area contributed by atoms with Gasteiger partial charge < -0.3 is 15.4 Å². The lowest BCUT2D eigenvalue weighted by Crippen LogP contribution is -2.29. The van der Waals surface area contributed by atoms with Gasteiger partial charge in [-0.2, -0.15) is 0 Å². The van der Waals surface area contributed by atoms with Crippen molar-refractivity contribution >= 4 is 11.6 Å². The topological polar surface area (TPSA) is 98.7 Å². The van der Waals surface area contributed by atoms with Gasteiger partial charge >= 0.3 is 5.69 Å². The largest absolute Gasteiger partial charge is 0.490 e. The van der Waals surface area contributed by atoms with Crippen LogP contribution in [0.15, 0.2) is 48.5 Å². The van der Waals surface area contributed by atoms with Crippen molar-refractivity contribution in [3.63, 3.8) is 0 Å². The highest BCUT2D eigenvalue weighted by atomic mass is 16.6. The number of carbonyl (C=O) groups excluding carboxylic acids is 1. The molecule has 1 aliphatic heterocycles. The van der Waals surface area contributed by atoms with Crippen LogP contribution < -0.4 is 10.5 Å². The van der Waals surface area contributed by atoms with Gasteiger partial charge in [-0.3, -0.25) is 14.9 Å². The van der Waals surface area contributed by atoms with Gasteiger partial charge in [-0.1, -0.05) is 30.3 Å². The van der Waals surface area contributed by atoms with Crippen LogP contribution in [0.1, 0.15) is 21.8 Å². The molecular weight excluding hydrogens is 334 g/mol. The normalized spacial score (nSPS) is 19.4. The number of amides is 1. The van der Waals surface area contributed by atoms with E-state index in [-0.39, 0.29) is 34.7 Å². The van der Waals surface area contributed by atoms with Crippen molar-refractivity contribution in [3.05, 3.63) is 69.8 Å². The highest BCUT2D eigenvalue weighted by molar-refractivity contribution is 5.95. The minimum Gasteiger partial charge on any atom is -0.490 e. The summed E-state index contributed by atoms with van der Waals surface area (Å²) in [6, 6.07) is 14.3. The van der Waals surface area contributed by atoms with Gasteiger partial charge in [0.05, 0.1) is 12.0 Å². The SMILES string of the molecule is COc1ccc(C(=O)N2C[C@@H](CN)[C@H](c3ccccc3)C2)cc1[N+](=O)[O-]. The highest BCUT2D eigenvalue weighted by Crippen LogP contribution is 2.34. The van der Waals surface area contributed by atoms with Gasteiger partial charge in [-0.25, -0.2) is 0 Å².